The van der Waals surface area contributed by atoms with Crippen molar-refractivity contribution in [3.05, 3.63) is 76.7 Å². The van der Waals surface area contributed by atoms with Crippen LogP contribution in [0.3, 0.4) is 0 Å². The molecule has 2 aromatic heterocycles. The number of nitrogens with one attached hydrogen (secondary N) is 1. The number of halogens is 3. The Morgan fingerprint density at radius 2 is 1.89 bits per heavy atom. The first kappa shape index (κ1) is 19.1. The molecule has 0 unspecified atom stereocenters. The van der Waals surface area contributed by atoms with Crippen LogP contribution in [0.25, 0.3) is 5.82 Å². The maximum atomic E-state index is 12.6. The summed E-state index contributed by atoms with van der Waals surface area (Å²) in [6.45, 7) is 1.89. The van der Waals surface area contributed by atoms with E-state index < -0.39 is 11.7 Å². The Morgan fingerprint density at radius 3 is 2.46 bits per heavy atom. The van der Waals surface area contributed by atoms with Crippen LogP contribution in [0.2, 0.25) is 0 Å². The third kappa shape index (κ3) is 4.01. The molecule has 0 saturated carbocycles. The van der Waals surface area contributed by atoms with Crippen molar-refractivity contribution in [2.75, 3.05) is 0 Å². The first-order chi connectivity index (χ1) is 13.3. The number of benzene rings is 1. The topological polar surface area (TPSA) is 83.6 Å². The van der Waals surface area contributed by atoms with Gasteiger partial charge < -0.3 is 5.32 Å². The highest BCUT2D eigenvalue weighted by Crippen LogP contribution is 2.28. The highest BCUT2D eigenvalue weighted by Gasteiger charge is 2.30. The highest BCUT2D eigenvalue weighted by atomic mass is 19.4. The zero-order valence-electron chi connectivity index (χ0n) is 14.7. The number of hydrogen-bond acceptors (Lipinski definition) is 4. The largest absolute Gasteiger partial charge is 0.417 e. The lowest BCUT2D eigenvalue weighted by atomic mass is 10.1. The number of hydrogen-bond donors (Lipinski definition) is 1. The summed E-state index contributed by atoms with van der Waals surface area (Å²) in [5, 5.41) is 15.6. The van der Waals surface area contributed by atoms with Gasteiger partial charge in [-0.2, -0.15) is 23.5 Å². The second-order valence-corrected chi connectivity index (χ2v) is 5.95. The first-order valence-electron chi connectivity index (χ1n) is 8.15. The van der Waals surface area contributed by atoms with Crippen LogP contribution in [0.5, 0.6) is 0 Å². The molecule has 2 heterocycles. The van der Waals surface area contributed by atoms with Crippen molar-refractivity contribution in [1.29, 1.82) is 5.26 Å². The van der Waals surface area contributed by atoms with E-state index in [1.807, 2.05) is 6.07 Å². The zero-order chi connectivity index (χ0) is 20.3. The zero-order valence-corrected chi connectivity index (χ0v) is 14.7. The van der Waals surface area contributed by atoms with E-state index in [1.165, 1.54) is 16.9 Å². The third-order valence-corrected chi connectivity index (χ3v) is 4.08. The molecule has 142 valence electrons. The number of rotatable bonds is 4. The molecular weight excluding hydrogens is 371 g/mol. The van der Waals surface area contributed by atoms with Crippen molar-refractivity contribution in [3.8, 4) is 11.9 Å². The van der Waals surface area contributed by atoms with Crippen LogP contribution in [0.4, 0.5) is 13.2 Å². The van der Waals surface area contributed by atoms with Crippen LogP contribution in [0, 0.1) is 18.3 Å². The summed E-state index contributed by atoms with van der Waals surface area (Å²) in [5.74, 6) is -0.198. The molecule has 9 heteroatoms. The minimum Gasteiger partial charge on any atom is -0.348 e. The molecule has 0 radical (unpaired) electrons. The van der Waals surface area contributed by atoms with E-state index in [2.05, 4.69) is 15.4 Å². The van der Waals surface area contributed by atoms with E-state index in [-0.39, 0.29) is 23.8 Å². The normalized spacial score (nSPS) is 11.1. The van der Waals surface area contributed by atoms with E-state index in [9.17, 15) is 18.0 Å². The quantitative estimate of drug-likeness (QED) is 0.746. The standard InChI is InChI=1S/C19H14F3N5O/c1-12-16(18(28)25-9-14-4-2-13(8-23)3-5-14)11-26-27(12)17-7-6-15(10-24-17)19(20,21)22/h2-7,10-11H,9H2,1H3,(H,25,28). The predicted octanol–water partition coefficient (Wildman–Crippen LogP) is 3.40. The molecular formula is C19H14F3N5O. The lowest BCUT2D eigenvalue weighted by molar-refractivity contribution is -0.137. The number of carbonyl (C=O) groups excluding carboxylic acids is 1. The Morgan fingerprint density at radius 1 is 1.18 bits per heavy atom. The average Bonchev–Trinajstić information content (AvgIpc) is 3.07. The Bertz CT molecular complexity index is 1030. The van der Waals surface area contributed by atoms with Gasteiger partial charge in [0.1, 0.15) is 0 Å². The smallest absolute Gasteiger partial charge is 0.348 e. The molecule has 0 fully saturated rings. The van der Waals surface area contributed by atoms with Crippen LogP contribution in [-0.4, -0.2) is 20.7 Å². The fraction of sp³-hybridized carbons (Fsp3) is 0.158. The molecule has 0 spiro atoms. The van der Waals surface area contributed by atoms with Gasteiger partial charge in [0, 0.05) is 12.7 Å². The molecule has 1 amide bonds. The number of alkyl halides is 3. The molecule has 0 bridgehead atoms. The number of aromatic nitrogens is 3. The second kappa shape index (κ2) is 7.52. The van der Waals surface area contributed by atoms with E-state index in [1.54, 1.807) is 31.2 Å². The minimum atomic E-state index is -4.47. The molecule has 0 aliphatic carbocycles. The van der Waals surface area contributed by atoms with Gasteiger partial charge in [0.15, 0.2) is 5.82 Å². The van der Waals surface area contributed by atoms with Crippen LogP contribution in [0.1, 0.15) is 32.7 Å². The van der Waals surface area contributed by atoms with Gasteiger partial charge in [-0.3, -0.25) is 4.79 Å². The van der Waals surface area contributed by atoms with Crippen molar-refractivity contribution in [2.45, 2.75) is 19.6 Å². The van der Waals surface area contributed by atoms with Crippen LogP contribution in [0.15, 0.2) is 48.8 Å². The summed E-state index contributed by atoms with van der Waals surface area (Å²) in [5.41, 5.74) is 1.22. The molecule has 0 aliphatic rings. The van der Waals surface area contributed by atoms with Gasteiger partial charge in [-0.15, -0.1) is 0 Å². The van der Waals surface area contributed by atoms with E-state index >= 15 is 0 Å². The fourth-order valence-electron chi connectivity index (χ4n) is 2.52. The third-order valence-electron chi connectivity index (χ3n) is 4.08. The van der Waals surface area contributed by atoms with Crippen molar-refractivity contribution < 1.29 is 18.0 Å². The van der Waals surface area contributed by atoms with Gasteiger partial charge in [0.25, 0.3) is 5.91 Å². The van der Waals surface area contributed by atoms with Gasteiger partial charge in [-0.05, 0) is 36.8 Å². The van der Waals surface area contributed by atoms with Gasteiger partial charge in [-0.1, -0.05) is 12.1 Å². The molecule has 1 N–H and O–H groups in total. The van der Waals surface area contributed by atoms with E-state index in [4.69, 9.17) is 5.26 Å². The number of pyridine rings is 1. The van der Waals surface area contributed by atoms with Crippen molar-refractivity contribution in [1.82, 2.24) is 20.1 Å². The molecule has 3 aromatic rings. The summed E-state index contributed by atoms with van der Waals surface area (Å²) in [6.07, 6.45) is -2.41. The Balaban J connectivity index is 1.73. The van der Waals surface area contributed by atoms with Gasteiger partial charge in [0.05, 0.1) is 34.7 Å². The Kier molecular flexibility index (Phi) is 5.13. The Labute approximate surface area is 158 Å². The number of nitrogens with zero attached hydrogens (tertiary/aromatic N) is 4. The maximum Gasteiger partial charge on any atom is 0.417 e. The summed E-state index contributed by atoms with van der Waals surface area (Å²) in [6, 6.07) is 10.9. The molecule has 1 aromatic carbocycles. The van der Waals surface area contributed by atoms with Crippen LogP contribution < -0.4 is 5.32 Å². The molecule has 0 aliphatic heterocycles. The molecule has 3 rings (SSSR count). The summed E-state index contributed by atoms with van der Waals surface area (Å²) < 4.78 is 39.2. The van der Waals surface area contributed by atoms with Gasteiger partial charge >= 0.3 is 6.18 Å². The highest BCUT2D eigenvalue weighted by molar-refractivity contribution is 5.95. The van der Waals surface area contributed by atoms with Crippen molar-refractivity contribution >= 4 is 5.91 Å². The van der Waals surface area contributed by atoms with E-state index in [0.717, 1.165) is 17.8 Å². The SMILES string of the molecule is Cc1c(C(=O)NCc2ccc(C#N)cc2)cnn1-c1ccc(C(F)(F)F)cn1. The monoisotopic (exact) mass is 385 g/mol. The van der Waals surface area contributed by atoms with Gasteiger partial charge in [0.2, 0.25) is 0 Å². The summed E-state index contributed by atoms with van der Waals surface area (Å²) in [4.78, 5) is 16.2. The summed E-state index contributed by atoms with van der Waals surface area (Å²) >= 11 is 0. The van der Waals surface area contributed by atoms with Crippen molar-refractivity contribution in [3.63, 3.8) is 0 Å². The average molecular weight is 385 g/mol. The first-order valence-corrected chi connectivity index (χ1v) is 8.15. The van der Waals surface area contributed by atoms with Crippen LogP contribution >= 0.6 is 0 Å². The number of nitriles is 1. The van der Waals surface area contributed by atoms with Gasteiger partial charge in [-0.25, -0.2) is 9.67 Å². The lowest BCUT2D eigenvalue weighted by Gasteiger charge is -2.08. The molecule has 28 heavy (non-hydrogen) atoms. The lowest BCUT2D eigenvalue weighted by Crippen LogP contribution is -2.23. The second-order valence-electron chi connectivity index (χ2n) is 5.95. The minimum absolute atomic E-state index is 0.177. The maximum absolute atomic E-state index is 12.6. The van der Waals surface area contributed by atoms with Crippen LogP contribution in [-0.2, 0) is 12.7 Å². The van der Waals surface area contributed by atoms with Crippen molar-refractivity contribution in [2.24, 2.45) is 0 Å². The fourth-order valence-corrected chi connectivity index (χ4v) is 2.52. The Hall–Kier alpha value is -3.67. The number of carbonyl (C=O) groups is 1. The molecule has 0 saturated heterocycles. The predicted molar refractivity (Wildman–Crippen MR) is 93.4 cm³/mol. The molecule has 6 nitrogen and oxygen atoms in total. The van der Waals surface area contributed by atoms with E-state index in [0.29, 0.717) is 11.3 Å². The molecule has 0 atom stereocenters. The summed E-state index contributed by atoms with van der Waals surface area (Å²) in [7, 11) is 0. The number of amides is 1.